The van der Waals surface area contributed by atoms with E-state index >= 15 is 0 Å². The van der Waals surface area contributed by atoms with Gasteiger partial charge >= 0.3 is 0 Å². The average Bonchev–Trinajstić information content (AvgIpc) is 3.37. The van der Waals surface area contributed by atoms with Gasteiger partial charge in [0.25, 0.3) is 5.91 Å². The highest BCUT2D eigenvalue weighted by atomic mass is 16.2. The number of carbonyl (C=O) groups excluding carboxylic acids is 1. The van der Waals surface area contributed by atoms with Crippen LogP contribution in [0, 0.1) is 6.92 Å². The molecule has 2 aromatic heterocycles. The van der Waals surface area contributed by atoms with Gasteiger partial charge in [0.1, 0.15) is 0 Å². The van der Waals surface area contributed by atoms with E-state index in [9.17, 15) is 4.79 Å². The summed E-state index contributed by atoms with van der Waals surface area (Å²) < 4.78 is 1.99. The van der Waals surface area contributed by atoms with Crippen LogP contribution in [0.2, 0.25) is 0 Å². The third kappa shape index (κ3) is 2.90. The van der Waals surface area contributed by atoms with Crippen LogP contribution >= 0.6 is 0 Å². The van der Waals surface area contributed by atoms with Gasteiger partial charge in [0.15, 0.2) is 5.65 Å². The molecule has 2 aliphatic rings. The quantitative estimate of drug-likeness (QED) is 0.900. The van der Waals surface area contributed by atoms with Crippen molar-refractivity contribution in [1.29, 1.82) is 0 Å². The molecule has 2 fully saturated rings. The number of carbonyl (C=O) groups is 1. The fourth-order valence-electron chi connectivity index (χ4n) is 3.83. The number of piperazine rings is 1. The van der Waals surface area contributed by atoms with Crippen LogP contribution in [0.25, 0.3) is 11.0 Å². The van der Waals surface area contributed by atoms with Crippen LogP contribution in [-0.4, -0.2) is 51.2 Å². The maximum absolute atomic E-state index is 13.5. The highest BCUT2D eigenvalue weighted by Gasteiger charge is 2.32. The number of aryl methyl sites for hydroxylation is 1. The van der Waals surface area contributed by atoms with E-state index in [1.54, 1.807) is 0 Å². The molecule has 1 aliphatic heterocycles. The maximum Gasteiger partial charge on any atom is 0.255 e. The molecule has 1 saturated heterocycles. The Morgan fingerprint density at radius 1 is 1.31 bits per heavy atom. The molecule has 140 valence electrons. The predicted molar refractivity (Wildman–Crippen MR) is 103 cm³/mol. The van der Waals surface area contributed by atoms with Gasteiger partial charge in [-0.3, -0.25) is 4.79 Å². The van der Waals surface area contributed by atoms with Gasteiger partial charge in [0.05, 0.1) is 22.2 Å². The van der Waals surface area contributed by atoms with Crippen molar-refractivity contribution in [2.75, 3.05) is 19.6 Å². The van der Waals surface area contributed by atoms with Gasteiger partial charge in [-0.25, -0.2) is 9.67 Å². The zero-order valence-corrected chi connectivity index (χ0v) is 16.5. The summed E-state index contributed by atoms with van der Waals surface area (Å²) in [6, 6.07) is 2.24. The molecule has 2 aromatic rings. The largest absolute Gasteiger partial charge is 0.333 e. The lowest BCUT2D eigenvalue weighted by Gasteiger charge is -2.34. The molecule has 0 aromatic carbocycles. The van der Waals surface area contributed by atoms with Crippen LogP contribution in [0.5, 0.6) is 0 Å². The normalized spacial score (nSPS) is 21.4. The Kier molecular flexibility index (Phi) is 4.06. The molecule has 6 heteroatoms. The van der Waals surface area contributed by atoms with Crippen LogP contribution in [0.1, 0.15) is 68.2 Å². The highest BCUT2D eigenvalue weighted by Crippen LogP contribution is 2.41. The summed E-state index contributed by atoms with van der Waals surface area (Å²) in [4.78, 5) is 20.4. The Morgan fingerprint density at radius 3 is 2.65 bits per heavy atom. The van der Waals surface area contributed by atoms with Gasteiger partial charge in [-0.1, -0.05) is 0 Å². The number of aromatic nitrogens is 3. The molecular formula is C20H29N5O. The van der Waals surface area contributed by atoms with Gasteiger partial charge in [0, 0.05) is 37.3 Å². The standard InChI is InChI=1S/C20H29N5O/c1-12-11-21-8-9-24(12)19(26)15-10-16(14-6-7-14)22-18-17(15)13(2)23-25(18)20(3,4)5/h10,12,14,21H,6-9,11H2,1-5H3. The number of nitrogens with one attached hydrogen (secondary N) is 1. The van der Waals surface area contributed by atoms with Crippen molar-refractivity contribution in [3.8, 4) is 0 Å². The topological polar surface area (TPSA) is 63.1 Å². The van der Waals surface area contributed by atoms with E-state index in [0.717, 1.165) is 47.6 Å². The molecule has 0 spiro atoms. The molecule has 1 amide bonds. The molecule has 1 aliphatic carbocycles. The third-order valence-electron chi connectivity index (χ3n) is 5.46. The smallest absolute Gasteiger partial charge is 0.255 e. The second-order valence-electron chi connectivity index (χ2n) is 8.79. The Bertz CT molecular complexity index is 859. The van der Waals surface area contributed by atoms with E-state index in [1.807, 2.05) is 22.6 Å². The number of hydrogen-bond donors (Lipinski definition) is 1. The molecule has 0 bridgehead atoms. The summed E-state index contributed by atoms with van der Waals surface area (Å²) in [5.41, 5.74) is 3.39. The molecule has 4 rings (SSSR count). The number of hydrogen-bond acceptors (Lipinski definition) is 4. The molecule has 26 heavy (non-hydrogen) atoms. The molecule has 6 nitrogen and oxygen atoms in total. The summed E-state index contributed by atoms with van der Waals surface area (Å²) in [7, 11) is 0. The molecule has 0 radical (unpaired) electrons. The Morgan fingerprint density at radius 2 is 2.04 bits per heavy atom. The van der Waals surface area contributed by atoms with E-state index in [-0.39, 0.29) is 17.5 Å². The average molecular weight is 355 g/mol. The Balaban J connectivity index is 1.90. The first-order valence-electron chi connectivity index (χ1n) is 9.70. The van der Waals surface area contributed by atoms with Crippen molar-refractivity contribution in [1.82, 2.24) is 25.0 Å². The van der Waals surface area contributed by atoms with E-state index in [1.165, 1.54) is 12.8 Å². The van der Waals surface area contributed by atoms with Crippen molar-refractivity contribution in [3.05, 3.63) is 23.0 Å². The second-order valence-corrected chi connectivity index (χ2v) is 8.79. The lowest BCUT2D eigenvalue weighted by Crippen LogP contribution is -2.52. The first-order chi connectivity index (χ1) is 12.3. The van der Waals surface area contributed by atoms with E-state index in [4.69, 9.17) is 10.1 Å². The summed E-state index contributed by atoms with van der Waals surface area (Å²) in [5, 5.41) is 9.04. The van der Waals surface area contributed by atoms with Gasteiger partial charge in [0.2, 0.25) is 0 Å². The summed E-state index contributed by atoms with van der Waals surface area (Å²) in [6.45, 7) is 12.9. The fraction of sp³-hybridized carbons (Fsp3) is 0.650. The first kappa shape index (κ1) is 17.5. The number of fused-ring (bicyclic) bond motifs is 1. The van der Waals surface area contributed by atoms with Gasteiger partial charge in [-0.2, -0.15) is 5.10 Å². The van der Waals surface area contributed by atoms with Crippen LogP contribution < -0.4 is 5.32 Å². The lowest BCUT2D eigenvalue weighted by molar-refractivity contribution is 0.0657. The first-order valence-corrected chi connectivity index (χ1v) is 9.70. The SMILES string of the molecule is Cc1nn(C(C)(C)C)c2nc(C3CC3)cc(C(=O)N3CCNCC3C)c12. The molecule has 1 saturated carbocycles. The minimum atomic E-state index is -0.176. The minimum Gasteiger partial charge on any atom is -0.333 e. The fourth-order valence-corrected chi connectivity index (χ4v) is 3.83. The molecule has 1 atom stereocenters. The third-order valence-corrected chi connectivity index (χ3v) is 5.46. The zero-order valence-electron chi connectivity index (χ0n) is 16.5. The molecular weight excluding hydrogens is 326 g/mol. The van der Waals surface area contributed by atoms with Crippen molar-refractivity contribution < 1.29 is 4.79 Å². The monoisotopic (exact) mass is 355 g/mol. The minimum absolute atomic E-state index is 0.116. The van der Waals surface area contributed by atoms with Gasteiger partial charge in [-0.15, -0.1) is 0 Å². The second kappa shape index (κ2) is 6.05. The van der Waals surface area contributed by atoms with Crippen molar-refractivity contribution in [2.24, 2.45) is 0 Å². The van der Waals surface area contributed by atoms with Crippen LogP contribution in [0.15, 0.2) is 6.07 Å². The van der Waals surface area contributed by atoms with Crippen molar-refractivity contribution in [3.63, 3.8) is 0 Å². The van der Waals surface area contributed by atoms with Crippen LogP contribution in [-0.2, 0) is 5.54 Å². The molecule has 1 unspecified atom stereocenters. The summed E-state index contributed by atoms with van der Waals surface area (Å²) in [6.07, 6.45) is 2.33. The number of nitrogens with zero attached hydrogens (tertiary/aromatic N) is 4. The lowest BCUT2D eigenvalue weighted by atomic mass is 10.0. The van der Waals surface area contributed by atoms with Crippen LogP contribution in [0.3, 0.4) is 0 Å². The Labute approximate surface area is 155 Å². The Hall–Kier alpha value is -1.95. The molecule has 3 heterocycles. The van der Waals surface area contributed by atoms with E-state index in [0.29, 0.717) is 5.92 Å². The van der Waals surface area contributed by atoms with Gasteiger partial charge in [-0.05, 0) is 53.5 Å². The summed E-state index contributed by atoms with van der Waals surface area (Å²) in [5.74, 6) is 0.611. The number of pyridine rings is 1. The maximum atomic E-state index is 13.5. The highest BCUT2D eigenvalue weighted by molar-refractivity contribution is 6.06. The molecule has 1 N–H and O–H groups in total. The van der Waals surface area contributed by atoms with Gasteiger partial charge < -0.3 is 10.2 Å². The number of rotatable bonds is 2. The predicted octanol–water partition coefficient (Wildman–Crippen LogP) is 2.81. The van der Waals surface area contributed by atoms with E-state index < -0.39 is 0 Å². The van der Waals surface area contributed by atoms with Crippen molar-refractivity contribution in [2.45, 2.75) is 65.0 Å². The summed E-state index contributed by atoms with van der Waals surface area (Å²) >= 11 is 0. The zero-order chi connectivity index (χ0) is 18.6. The van der Waals surface area contributed by atoms with E-state index in [2.05, 4.69) is 33.0 Å². The van der Waals surface area contributed by atoms with Crippen LogP contribution in [0.4, 0.5) is 0 Å². The van der Waals surface area contributed by atoms with Crippen molar-refractivity contribution >= 4 is 16.9 Å². The number of amides is 1.